The number of aromatic nitrogens is 5. The van der Waals surface area contributed by atoms with Crippen LogP contribution in [0.4, 0.5) is 0 Å². The molecular weight excluding hydrogens is 559 g/mol. The third kappa shape index (κ3) is 3.23. The van der Waals surface area contributed by atoms with Crippen LogP contribution in [0, 0.1) is 0 Å². The Hall–Kier alpha value is -5.72. The third-order valence-corrected chi connectivity index (χ3v) is 9.90. The SMILES string of the molecule is c1ccc(-c2ncc3c4ccccc4c4cnc(-n5c6ccccc6c6ccc7c8ccccc8sc7c65)nc4c3n2)cc1. The number of rotatable bonds is 2. The highest BCUT2D eigenvalue weighted by atomic mass is 32.1. The molecule has 5 nitrogen and oxygen atoms in total. The molecule has 0 atom stereocenters. The van der Waals surface area contributed by atoms with E-state index in [9.17, 15) is 0 Å². The molecule has 0 unspecified atom stereocenters. The number of nitrogens with zero attached hydrogens (tertiary/aromatic N) is 5. The van der Waals surface area contributed by atoms with E-state index in [1.807, 2.05) is 54.1 Å². The topological polar surface area (TPSA) is 56.5 Å². The van der Waals surface area contributed by atoms with Gasteiger partial charge in [-0.25, -0.2) is 19.9 Å². The molecule has 10 rings (SSSR count). The van der Waals surface area contributed by atoms with Gasteiger partial charge in [-0.05, 0) is 22.9 Å². The first-order valence-electron chi connectivity index (χ1n) is 14.6. The highest BCUT2D eigenvalue weighted by Gasteiger charge is 2.20. The van der Waals surface area contributed by atoms with Gasteiger partial charge in [-0.15, -0.1) is 11.3 Å². The number of thiophene rings is 1. The molecular formula is C38H21N5S. The van der Waals surface area contributed by atoms with E-state index >= 15 is 0 Å². The standard InChI is InChI=1S/C38H21N5S/c1-2-10-22(11-3-1)37-39-20-29-23-12-4-5-13-24(23)30-21-40-38(42-34(30)33(29)41-37)43-31-16-8-6-14-25(31)27-18-19-28-26-15-7-9-17-32(26)44-36(28)35(27)43/h1-21H. The summed E-state index contributed by atoms with van der Waals surface area (Å²) in [6.45, 7) is 0. The molecule has 0 N–H and O–H groups in total. The summed E-state index contributed by atoms with van der Waals surface area (Å²) in [5.74, 6) is 1.31. The second-order valence-corrected chi connectivity index (χ2v) is 12.1. The Balaban J connectivity index is 1.36. The van der Waals surface area contributed by atoms with Crippen LogP contribution in [0.1, 0.15) is 0 Å². The van der Waals surface area contributed by atoms with Crippen molar-refractivity contribution in [2.24, 2.45) is 0 Å². The summed E-state index contributed by atoms with van der Waals surface area (Å²) in [6.07, 6.45) is 3.91. The van der Waals surface area contributed by atoms with Crippen LogP contribution in [0.2, 0.25) is 0 Å². The first-order valence-corrected chi connectivity index (χ1v) is 15.4. The number of para-hydroxylation sites is 1. The van der Waals surface area contributed by atoms with Crippen LogP contribution in [-0.4, -0.2) is 24.5 Å². The minimum absolute atomic E-state index is 0.630. The first-order chi connectivity index (χ1) is 21.8. The van der Waals surface area contributed by atoms with E-state index in [-0.39, 0.29) is 0 Å². The fraction of sp³-hybridized carbons (Fsp3) is 0. The molecule has 0 amide bonds. The normalized spacial score (nSPS) is 12.1. The number of hydrogen-bond donors (Lipinski definition) is 0. The highest BCUT2D eigenvalue weighted by molar-refractivity contribution is 7.26. The van der Waals surface area contributed by atoms with Gasteiger partial charge < -0.3 is 0 Å². The smallest absolute Gasteiger partial charge is 0.235 e. The second-order valence-electron chi connectivity index (χ2n) is 11.1. The Morgan fingerprint density at radius 1 is 0.477 bits per heavy atom. The van der Waals surface area contributed by atoms with E-state index in [0.29, 0.717) is 11.8 Å². The lowest BCUT2D eigenvalue weighted by Gasteiger charge is -2.12. The van der Waals surface area contributed by atoms with Crippen molar-refractivity contribution in [3.8, 4) is 17.3 Å². The van der Waals surface area contributed by atoms with E-state index < -0.39 is 0 Å². The zero-order valence-corrected chi connectivity index (χ0v) is 24.1. The molecule has 0 aliphatic rings. The van der Waals surface area contributed by atoms with Gasteiger partial charge in [-0.1, -0.05) is 103 Å². The van der Waals surface area contributed by atoms with E-state index in [1.165, 1.54) is 30.9 Å². The largest absolute Gasteiger partial charge is 0.276 e. The molecule has 6 aromatic carbocycles. The predicted molar refractivity (Wildman–Crippen MR) is 183 cm³/mol. The molecule has 0 aliphatic heterocycles. The Kier molecular flexibility index (Phi) is 4.81. The van der Waals surface area contributed by atoms with Crippen molar-refractivity contribution in [2.45, 2.75) is 0 Å². The zero-order valence-electron chi connectivity index (χ0n) is 23.3. The van der Waals surface area contributed by atoms with Crippen LogP contribution in [0.15, 0.2) is 128 Å². The lowest BCUT2D eigenvalue weighted by atomic mass is 10.0. The van der Waals surface area contributed by atoms with Crippen molar-refractivity contribution in [2.75, 3.05) is 0 Å². The minimum atomic E-state index is 0.630. The van der Waals surface area contributed by atoms with Crippen LogP contribution >= 0.6 is 11.3 Å². The van der Waals surface area contributed by atoms with Crippen LogP contribution in [0.5, 0.6) is 0 Å². The van der Waals surface area contributed by atoms with Crippen molar-refractivity contribution in [1.29, 1.82) is 0 Å². The van der Waals surface area contributed by atoms with Gasteiger partial charge in [0.2, 0.25) is 5.95 Å². The zero-order chi connectivity index (χ0) is 28.8. The molecule has 0 fully saturated rings. The maximum Gasteiger partial charge on any atom is 0.235 e. The lowest BCUT2D eigenvalue weighted by molar-refractivity contribution is 1.02. The summed E-state index contributed by atoms with van der Waals surface area (Å²) in [5, 5.41) is 9.03. The van der Waals surface area contributed by atoms with Gasteiger partial charge in [0.1, 0.15) is 11.0 Å². The summed E-state index contributed by atoms with van der Waals surface area (Å²) < 4.78 is 4.75. The van der Waals surface area contributed by atoms with Crippen molar-refractivity contribution in [3.63, 3.8) is 0 Å². The van der Waals surface area contributed by atoms with Crippen molar-refractivity contribution in [1.82, 2.24) is 24.5 Å². The fourth-order valence-corrected chi connectivity index (χ4v) is 7.98. The molecule has 0 radical (unpaired) electrons. The molecule has 204 valence electrons. The Labute approximate surface area is 254 Å². The average molecular weight is 580 g/mol. The van der Waals surface area contributed by atoms with Gasteiger partial charge in [-0.3, -0.25) is 4.57 Å². The lowest BCUT2D eigenvalue weighted by Crippen LogP contribution is -2.02. The summed E-state index contributed by atoms with van der Waals surface area (Å²) in [7, 11) is 0. The van der Waals surface area contributed by atoms with Gasteiger partial charge >= 0.3 is 0 Å². The Bertz CT molecular complexity index is 2780. The number of benzene rings is 6. The van der Waals surface area contributed by atoms with Crippen molar-refractivity contribution >= 4 is 85.9 Å². The Morgan fingerprint density at radius 3 is 1.93 bits per heavy atom. The molecule has 4 heterocycles. The molecule has 0 spiro atoms. The molecule has 44 heavy (non-hydrogen) atoms. The highest BCUT2D eigenvalue weighted by Crippen LogP contribution is 2.43. The number of fused-ring (bicyclic) bond motifs is 13. The molecule has 0 saturated carbocycles. The molecule has 10 aromatic rings. The molecule has 6 heteroatoms. The maximum atomic E-state index is 5.36. The van der Waals surface area contributed by atoms with Gasteiger partial charge in [0.15, 0.2) is 5.82 Å². The van der Waals surface area contributed by atoms with E-state index in [2.05, 4.69) is 89.5 Å². The van der Waals surface area contributed by atoms with Gasteiger partial charge in [0.05, 0.1) is 15.7 Å². The summed E-state index contributed by atoms with van der Waals surface area (Å²) in [5.41, 5.74) is 4.83. The van der Waals surface area contributed by atoms with Crippen molar-refractivity contribution in [3.05, 3.63) is 128 Å². The van der Waals surface area contributed by atoms with E-state index in [0.717, 1.165) is 49.2 Å². The van der Waals surface area contributed by atoms with Crippen LogP contribution in [-0.2, 0) is 0 Å². The second kappa shape index (κ2) is 8.89. The first kappa shape index (κ1) is 23.8. The molecule has 4 aromatic heterocycles. The summed E-state index contributed by atoms with van der Waals surface area (Å²) >= 11 is 1.83. The molecule has 0 bridgehead atoms. The Morgan fingerprint density at radius 2 is 1.11 bits per heavy atom. The van der Waals surface area contributed by atoms with Gasteiger partial charge in [0.25, 0.3) is 0 Å². The molecule has 0 aliphatic carbocycles. The average Bonchev–Trinajstić information content (AvgIpc) is 3.64. The van der Waals surface area contributed by atoms with E-state index in [1.54, 1.807) is 0 Å². The monoisotopic (exact) mass is 579 g/mol. The molecule has 0 saturated heterocycles. The summed E-state index contributed by atoms with van der Waals surface area (Å²) in [4.78, 5) is 20.3. The van der Waals surface area contributed by atoms with Crippen LogP contribution < -0.4 is 0 Å². The number of hydrogen-bond acceptors (Lipinski definition) is 5. The predicted octanol–water partition coefficient (Wildman–Crippen LogP) is 9.86. The van der Waals surface area contributed by atoms with Gasteiger partial charge in [-0.2, -0.15) is 0 Å². The van der Waals surface area contributed by atoms with E-state index in [4.69, 9.17) is 19.9 Å². The third-order valence-electron chi connectivity index (χ3n) is 8.71. The minimum Gasteiger partial charge on any atom is -0.276 e. The van der Waals surface area contributed by atoms with Crippen LogP contribution in [0.3, 0.4) is 0 Å². The fourth-order valence-electron chi connectivity index (χ4n) is 6.74. The quantitative estimate of drug-likeness (QED) is 0.191. The maximum absolute atomic E-state index is 5.36. The van der Waals surface area contributed by atoms with Gasteiger partial charge in [0, 0.05) is 55.0 Å². The summed E-state index contributed by atoms with van der Waals surface area (Å²) in [6, 6.07) is 40.2. The van der Waals surface area contributed by atoms with Crippen molar-refractivity contribution < 1.29 is 0 Å². The van der Waals surface area contributed by atoms with Crippen LogP contribution in [0.25, 0.3) is 91.9 Å².